The van der Waals surface area contributed by atoms with Gasteiger partial charge in [-0.3, -0.25) is 9.80 Å². The summed E-state index contributed by atoms with van der Waals surface area (Å²) in [6.07, 6.45) is 5.17. The van der Waals surface area contributed by atoms with E-state index in [-0.39, 0.29) is 0 Å². The molecule has 0 atom stereocenters. The van der Waals surface area contributed by atoms with Crippen molar-refractivity contribution in [2.75, 3.05) is 39.3 Å². The Balaban J connectivity index is 1.49. The van der Waals surface area contributed by atoms with Crippen LogP contribution in [0, 0.1) is 0 Å². The molecule has 0 saturated carbocycles. The van der Waals surface area contributed by atoms with Gasteiger partial charge in [-0.05, 0) is 6.42 Å². The number of nitrogens with one attached hydrogen (secondary N) is 1. The normalized spacial score (nSPS) is 22.6. The molecule has 5 heteroatoms. The van der Waals surface area contributed by atoms with E-state index in [1.165, 1.54) is 51.4 Å². The number of aryl methyl sites for hydroxylation is 1. The second kappa shape index (κ2) is 6.03. The van der Waals surface area contributed by atoms with Crippen LogP contribution < -0.4 is 5.32 Å². The van der Waals surface area contributed by atoms with E-state index in [1.54, 1.807) is 0 Å². The molecule has 5 nitrogen and oxygen atoms in total. The lowest BCUT2D eigenvalue weighted by Gasteiger charge is -2.43. The number of hydrogen-bond donors (Lipinski definition) is 1. The molecule has 1 aromatic rings. The standard InChI is InChI=1S/C14H25N5/c1-2-3-19-12-16-10-14(19)11-17-4-6-18(7-5-17)13-8-15-9-13/h10,12-13,15H,2-9,11H2,1H3. The van der Waals surface area contributed by atoms with Crippen molar-refractivity contribution in [1.82, 2.24) is 24.7 Å². The fraction of sp³-hybridized carbons (Fsp3) is 0.786. The van der Waals surface area contributed by atoms with Gasteiger partial charge in [0.1, 0.15) is 0 Å². The fourth-order valence-corrected chi connectivity index (χ4v) is 2.97. The maximum atomic E-state index is 4.29. The Morgan fingerprint density at radius 1 is 1.26 bits per heavy atom. The predicted octanol–water partition coefficient (Wildman–Crippen LogP) is 0.383. The molecule has 0 aromatic carbocycles. The highest BCUT2D eigenvalue weighted by molar-refractivity contribution is 4.99. The zero-order valence-corrected chi connectivity index (χ0v) is 11.9. The van der Waals surface area contributed by atoms with E-state index < -0.39 is 0 Å². The fourth-order valence-electron chi connectivity index (χ4n) is 2.97. The first kappa shape index (κ1) is 13.1. The van der Waals surface area contributed by atoms with Crippen molar-refractivity contribution >= 4 is 0 Å². The summed E-state index contributed by atoms with van der Waals surface area (Å²) in [4.78, 5) is 9.49. The number of piperazine rings is 1. The van der Waals surface area contributed by atoms with Crippen LogP contribution in [-0.4, -0.2) is 64.7 Å². The summed E-state index contributed by atoms with van der Waals surface area (Å²) in [6, 6.07) is 0.799. The van der Waals surface area contributed by atoms with Crippen molar-refractivity contribution in [3.8, 4) is 0 Å². The highest BCUT2D eigenvalue weighted by atomic mass is 15.3. The van der Waals surface area contributed by atoms with Crippen molar-refractivity contribution < 1.29 is 0 Å². The number of rotatable bonds is 5. The smallest absolute Gasteiger partial charge is 0.0948 e. The van der Waals surface area contributed by atoms with Crippen LogP contribution in [0.5, 0.6) is 0 Å². The summed E-state index contributed by atoms with van der Waals surface area (Å²) >= 11 is 0. The maximum Gasteiger partial charge on any atom is 0.0948 e. The summed E-state index contributed by atoms with van der Waals surface area (Å²) in [5, 5.41) is 3.36. The molecule has 106 valence electrons. The van der Waals surface area contributed by atoms with Gasteiger partial charge in [-0.15, -0.1) is 0 Å². The Bertz CT molecular complexity index is 390. The second-order valence-corrected chi connectivity index (χ2v) is 5.70. The first-order valence-electron chi connectivity index (χ1n) is 7.53. The van der Waals surface area contributed by atoms with Gasteiger partial charge >= 0.3 is 0 Å². The molecule has 0 bridgehead atoms. The van der Waals surface area contributed by atoms with Crippen LogP contribution in [0.2, 0.25) is 0 Å². The third kappa shape index (κ3) is 2.99. The van der Waals surface area contributed by atoms with Crippen LogP contribution in [0.25, 0.3) is 0 Å². The number of nitrogens with zero attached hydrogens (tertiary/aromatic N) is 4. The minimum absolute atomic E-state index is 0.799. The topological polar surface area (TPSA) is 36.3 Å². The molecule has 3 rings (SSSR count). The third-order valence-corrected chi connectivity index (χ3v) is 4.33. The van der Waals surface area contributed by atoms with E-state index in [0.717, 1.165) is 19.1 Å². The van der Waals surface area contributed by atoms with Gasteiger partial charge < -0.3 is 9.88 Å². The van der Waals surface area contributed by atoms with E-state index in [9.17, 15) is 0 Å². The molecule has 0 aliphatic carbocycles. The molecule has 0 unspecified atom stereocenters. The SMILES string of the molecule is CCCn1cncc1CN1CCN(C2CNC2)CC1. The van der Waals surface area contributed by atoms with Crippen LogP contribution in [0.1, 0.15) is 19.0 Å². The second-order valence-electron chi connectivity index (χ2n) is 5.70. The molecule has 1 aromatic heterocycles. The third-order valence-electron chi connectivity index (χ3n) is 4.33. The van der Waals surface area contributed by atoms with E-state index in [2.05, 4.69) is 31.6 Å². The molecule has 0 spiro atoms. The van der Waals surface area contributed by atoms with Crippen molar-refractivity contribution in [3.05, 3.63) is 18.2 Å². The lowest BCUT2D eigenvalue weighted by molar-refractivity contribution is 0.0685. The summed E-state index contributed by atoms with van der Waals surface area (Å²) in [7, 11) is 0. The summed E-state index contributed by atoms with van der Waals surface area (Å²) in [5.41, 5.74) is 1.36. The van der Waals surface area contributed by atoms with Gasteiger partial charge in [0.15, 0.2) is 0 Å². The first-order valence-corrected chi connectivity index (χ1v) is 7.53. The number of hydrogen-bond acceptors (Lipinski definition) is 4. The van der Waals surface area contributed by atoms with Gasteiger partial charge in [0.2, 0.25) is 0 Å². The van der Waals surface area contributed by atoms with Gasteiger partial charge in [0.25, 0.3) is 0 Å². The molecule has 19 heavy (non-hydrogen) atoms. The maximum absolute atomic E-state index is 4.29. The predicted molar refractivity (Wildman–Crippen MR) is 76.0 cm³/mol. The lowest BCUT2D eigenvalue weighted by atomic mass is 10.1. The zero-order chi connectivity index (χ0) is 13.1. The Morgan fingerprint density at radius 3 is 2.68 bits per heavy atom. The van der Waals surface area contributed by atoms with E-state index >= 15 is 0 Å². The Morgan fingerprint density at radius 2 is 2.05 bits per heavy atom. The molecule has 2 fully saturated rings. The van der Waals surface area contributed by atoms with Gasteiger partial charge in [0, 0.05) is 64.6 Å². The van der Waals surface area contributed by atoms with Gasteiger partial charge in [0.05, 0.1) is 12.0 Å². The zero-order valence-electron chi connectivity index (χ0n) is 11.9. The van der Waals surface area contributed by atoms with Crippen molar-refractivity contribution in [1.29, 1.82) is 0 Å². The summed E-state index contributed by atoms with van der Waals surface area (Å²) < 4.78 is 2.29. The van der Waals surface area contributed by atoms with E-state index in [0.29, 0.717) is 0 Å². The van der Waals surface area contributed by atoms with Gasteiger partial charge in [-0.2, -0.15) is 0 Å². The Hall–Kier alpha value is -0.910. The molecular weight excluding hydrogens is 238 g/mol. The number of aromatic nitrogens is 2. The van der Waals surface area contributed by atoms with Crippen LogP contribution in [0.4, 0.5) is 0 Å². The highest BCUT2D eigenvalue weighted by Crippen LogP contribution is 2.12. The Labute approximate surface area is 115 Å². The summed E-state index contributed by atoms with van der Waals surface area (Å²) in [5.74, 6) is 0. The van der Waals surface area contributed by atoms with Crippen molar-refractivity contribution in [2.24, 2.45) is 0 Å². The molecule has 0 radical (unpaired) electrons. The molecule has 0 amide bonds. The van der Waals surface area contributed by atoms with Crippen molar-refractivity contribution in [3.63, 3.8) is 0 Å². The van der Waals surface area contributed by atoms with E-state index in [4.69, 9.17) is 0 Å². The largest absolute Gasteiger partial charge is 0.333 e. The molecule has 3 heterocycles. The average Bonchev–Trinajstić information content (AvgIpc) is 2.78. The highest BCUT2D eigenvalue weighted by Gasteiger charge is 2.27. The monoisotopic (exact) mass is 263 g/mol. The van der Waals surface area contributed by atoms with Crippen LogP contribution in [0.15, 0.2) is 12.5 Å². The average molecular weight is 263 g/mol. The minimum atomic E-state index is 0.799. The summed E-state index contributed by atoms with van der Waals surface area (Å²) in [6.45, 7) is 11.5. The minimum Gasteiger partial charge on any atom is -0.333 e. The first-order chi connectivity index (χ1) is 9.36. The quantitative estimate of drug-likeness (QED) is 0.833. The van der Waals surface area contributed by atoms with Crippen molar-refractivity contribution in [2.45, 2.75) is 32.5 Å². The van der Waals surface area contributed by atoms with Crippen LogP contribution in [0.3, 0.4) is 0 Å². The van der Waals surface area contributed by atoms with Crippen LogP contribution >= 0.6 is 0 Å². The lowest BCUT2D eigenvalue weighted by Crippen LogP contribution is -2.61. The van der Waals surface area contributed by atoms with E-state index in [1.807, 2.05) is 12.5 Å². The molecule has 1 N–H and O–H groups in total. The van der Waals surface area contributed by atoms with Gasteiger partial charge in [-0.25, -0.2) is 4.98 Å². The molecule has 2 aliphatic rings. The molecular formula is C14H25N5. The van der Waals surface area contributed by atoms with Crippen LogP contribution in [-0.2, 0) is 13.1 Å². The van der Waals surface area contributed by atoms with Gasteiger partial charge in [-0.1, -0.05) is 6.92 Å². The molecule has 2 saturated heterocycles. The Kier molecular flexibility index (Phi) is 4.15. The molecule has 2 aliphatic heterocycles. The number of imidazole rings is 1.